The number of hydrogen-bond acceptors (Lipinski definition) is 3. The highest BCUT2D eigenvalue weighted by atomic mass is 35.5. The van der Waals surface area contributed by atoms with E-state index >= 15 is 0 Å². The number of pyridine rings is 2. The maximum atomic E-state index is 5.71. The first-order chi connectivity index (χ1) is 5.77. The maximum Gasteiger partial charge on any atom is 0.151 e. The van der Waals surface area contributed by atoms with Crippen LogP contribution in [0.3, 0.4) is 0 Å². The van der Waals surface area contributed by atoms with Gasteiger partial charge in [-0.05, 0) is 12.1 Å². The van der Waals surface area contributed by atoms with Gasteiger partial charge >= 0.3 is 0 Å². The molecule has 0 bridgehead atoms. The van der Waals surface area contributed by atoms with Gasteiger partial charge in [0.2, 0.25) is 0 Å². The van der Waals surface area contributed by atoms with E-state index in [1.807, 2.05) is 12.1 Å². The number of fused-ring (bicyclic) bond motifs is 1. The van der Waals surface area contributed by atoms with Crippen molar-refractivity contribution in [2.24, 2.45) is 0 Å². The number of halogens is 1. The second kappa shape index (κ2) is 2.60. The fourth-order valence-electron chi connectivity index (χ4n) is 1.08. The number of hydrogen-bond donors (Lipinski definition) is 1. The van der Waals surface area contributed by atoms with Crippen LogP contribution in [-0.4, -0.2) is 9.97 Å². The van der Waals surface area contributed by atoms with Gasteiger partial charge in [0.05, 0.1) is 0 Å². The summed E-state index contributed by atoms with van der Waals surface area (Å²) in [7, 11) is 0. The molecule has 0 amide bonds. The lowest BCUT2D eigenvalue weighted by Crippen LogP contribution is -1.93. The Morgan fingerprint density at radius 2 is 2.25 bits per heavy atom. The SMILES string of the molecule is Nc1nc(Cl)cc2cccnc12. The monoisotopic (exact) mass is 179 g/mol. The predicted molar refractivity (Wildman–Crippen MR) is 49.0 cm³/mol. The number of aromatic nitrogens is 2. The van der Waals surface area contributed by atoms with Crippen molar-refractivity contribution in [2.75, 3.05) is 5.73 Å². The molecule has 2 aromatic rings. The molecule has 12 heavy (non-hydrogen) atoms. The summed E-state index contributed by atoms with van der Waals surface area (Å²) in [5.74, 6) is 0.373. The van der Waals surface area contributed by atoms with Crippen molar-refractivity contribution in [1.29, 1.82) is 0 Å². The summed E-state index contributed by atoms with van der Waals surface area (Å²) in [5.41, 5.74) is 6.30. The van der Waals surface area contributed by atoms with Crippen molar-refractivity contribution in [2.45, 2.75) is 0 Å². The smallest absolute Gasteiger partial charge is 0.151 e. The first-order valence-corrected chi connectivity index (χ1v) is 3.82. The van der Waals surface area contributed by atoms with Crippen LogP contribution in [0.2, 0.25) is 5.15 Å². The molecule has 2 N–H and O–H groups in total. The zero-order valence-corrected chi connectivity index (χ0v) is 6.92. The second-order valence-electron chi connectivity index (χ2n) is 2.41. The molecule has 3 nitrogen and oxygen atoms in total. The van der Waals surface area contributed by atoms with E-state index in [9.17, 15) is 0 Å². The van der Waals surface area contributed by atoms with Gasteiger partial charge in [-0.15, -0.1) is 0 Å². The molecular formula is C8H6ClN3. The third kappa shape index (κ3) is 1.08. The van der Waals surface area contributed by atoms with E-state index in [-0.39, 0.29) is 0 Å². The minimum atomic E-state index is 0.373. The van der Waals surface area contributed by atoms with Gasteiger partial charge < -0.3 is 5.73 Å². The van der Waals surface area contributed by atoms with Crippen molar-refractivity contribution in [3.8, 4) is 0 Å². The van der Waals surface area contributed by atoms with Gasteiger partial charge in [-0.3, -0.25) is 4.98 Å². The summed E-state index contributed by atoms with van der Waals surface area (Å²) in [6.07, 6.45) is 1.67. The van der Waals surface area contributed by atoms with Gasteiger partial charge in [-0.1, -0.05) is 17.7 Å². The highest BCUT2D eigenvalue weighted by Crippen LogP contribution is 2.19. The second-order valence-corrected chi connectivity index (χ2v) is 2.79. The lowest BCUT2D eigenvalue weighted by Gasteiger charge is -1.99. The molecule has 0 saturated heterocycles. The van der Waals surface area contributed by atoms with E-state index in [1.165, 1.54) is 0 Å². The Morgan fingerprint density at radius 3 is 3.08 bits per heavy atom. The van der Waals surface area contributed by atoms with Gasteiger partial charge in [0.1, 0.15) is 10.7 Å². The average molecular weight is 180 g/mol. The van der Waals surface area contributed by atoms with Crippen LogP contribution in [0.1, 0.15) is 0 Å². The standard InChI is InChI=1S/C8H6ClN3/c9-6-4-5-2-1-3-11-7(5)8(10)12-6/h1-4H,(H2,10,12). The Balaban J connectivity index is 2.89. The number of nitrogens with zero attached hydrogens (tertiary/aromatic N) is 2. The largest absolute Gasteiger partial charge is 0.382 e. The average Bonchev–Trinajstić information content (AvgIpc) is 2.04. The molecule has 0 saturated carbocycles. The molecule has 2 heterocycles. The van der Waals surface area contributed by atoms with Crippen LogP contribution in [0.4, 0.5) is 5.82 Å². The molecule has 0 aromatic carbocycles. The van der Waals surface area contributed by atoms with Crippen LogP contribution in [0, 0.1) is 0 Å². The van der Waals surface area contributed by atoms with E-state index in [4.69, 9.17) is 17.3 Å². The molecule has 0 fully saturated rings. The van der Waals surface area contributed by atoms with Gasteiger partial charge in [-0.25, -0.2) is 4.98 Å². The van der Waals surface area contributed by atoms with Gasteiger partial charge in [0.25, 0.3) is 0 Å². The molecule has 0 aliphatic heterocycles. The maximum absolute atomic E-state index is 5.71. The molecule has 0 spiro atoms. The first-order valence-electron chi connectivity index (χ1n) is 3.44. The van der Waals surface area contributed by atoms with Gasteiger partial charge in [-0.2, -0.15) is 0 Å². The Morgan fingerprint density at radius 1 is 1.42 bits per heavy atom. The minimum absolute atomic E-state index is 0.373. The van der Waals surface area contributed by atoms with E-state index in [0.717, 1.165) is 5.39 Å². The Bertz CT molecular complexity index is 428. The molecule has 0 atom stereocenters. The van der Waals surface area contributed by atoms with Crippen molar-refractivity contribution < 1.29 is 0 Å². The van der Waals surface area contributed by atoms with Crippen LogP contribution in [0.5, 0.6) is 0 Å². The lowest BCUT2D eigenvalue weighted by molar-refractivity contribution is 1.32. The number of rotatable bonds is 0. The molecule has 0 unspecified atom stereocenters. The highest BCUT2D eigenvalue weighted by molar-refractivity contribution is 6.30. The van der Waals surface area contributed by atoms with Gasteiger partial charge in [0, 0.05) is 11.6 Å². The summed E-state index contributed by atoms with van der Waals surface area (Å²) in [4.78, 5) is 7.96. The lowest BCUT2D eigenvalue weighted by atomic mass is 10.2. The normalized spacial score (nSPS) is 10.4. The fourth-order valence-corrected chi connectivity index (χ4v) is 1.29. The zero-order chi connectivity index (χ0) is 8.55. The molecule has 2 rings (SSSR count). The summed E-state index contributed by atoms with van der Waals surface area (Å²) >= 11 is 5.71. The Hall–Kier alpha value is -1.35. The van der Waals surface area contributed by atoms with E-state index in [1.54, 1.807) is 12.3 Å². The summed E-state index contributed by atoms with van der Waals surface area (Å²) < 4.78 is 0. The van der Waals surface area contributed by atoms with Crippen molar-refractivity contribution in [3.05, 3.63) is 29.5 Å². The van der Waals surface area contributed by atoms with E-state index in [0.29, 0.717) is 16.5 Å². The third-order valence-corrected chi connectivity index (χ3v) is 1.78. The molecule has 4 heteroatoms. The minimum Gasteiger partial charge on any atom is -0.382 e. The predicted octanol–water partition coefficient (Wildman–Crippen LogP) is 1.87. The quantitative estimate of drug-likeness (QED) is 0.628. The first kappa shape index (κ1) is 7.31. The Kier molecular flexibility index (Phi) is 1.59. The number of anilines is 1. The van der Waals surface area contributed by atoms with E-state index in [2.05, 4.69) is 9.97 Å². The van der Waals surface area contributed by atoms with Crippen molar-refractivity contribution in [1.82, 2.24) is 9.97 Å². The van der Waals surface area contributed by atoms with Gasteiger partial charge in [0.15, 0.2) is 5.82 Å². The van der Waals surface area contributed by atoms with Crippen molar-refractivity contribution in [3.63, 3.8) is 0 Å². The molecular weight excluding hydrogens is 174 g/mol. The zero-order valence-electron chi connectivity index (χ0n) is 6.16. The van der Waals surface area contributed by atoms with Crippen LogP contribution >= 0.6 is 11.6 Å². The van der Waals surface area contributed by atoms with Crippen molar-refractivity contribution >= 4 is 28.3 Å². The van der Waals surface area contributed by atoms with Crippen LogP contribution in [0.15, 0.2) is 24.4 Å². The number of nitrogen functional groups attached to an aromatic ring is 1. The molecule has 0 aliphatic rings. The summed E-state index contributed by atoms with van der Waals surface area (Å²) in [6, 6.07) is 5.46. The molecule has 0 radical (unpaired) electrons. The molecule has 2 aromatic heterocycles. The molecule has 0 aliphatic carbocycles. The van der Waals surface area contributed by atoms with Crippen LogP contribution in [-0.2, 0) is 0 Å². The molecule has 60 valence electrons. The summed E-state index contributed by atoms with van der Waals surface area (Å²) in [6.45, 7) is 0. The summed E-state index contributed by atoms with van der Waals surface area (Å²) in [5, 5.41) is 1.31. The van der Waals surface area contributed by atoms with E-state index < -0.39 is 0 Å². The fraction of sp³-hybridized carbons (Fsp3) is 0. The van der Waals surface area contributed by atoms with Crippen LogP contribution < -0.4 is 5.73 Å². The Labute approximate surface area is 74.2 Å². The third-order valence-electron chi connectivity index (χ3n) is 1.58. The number of nitrogens with two attached hydrogens (primary N) is 1. The van der Waals surface area contributed by atoms with Crippen LogP contribution in [0.25, 0.3) is 10.9 Å². The topological polar surface area (TPSA) is 51.8 Å². The highest BCUT2D eigenvalue weighted by Gasteiger charge is 2.00.